The summed E-state index contributed by atoms with van der Waals surface area (Å²) in [7, 11) is 0. The van der Waals surface area contributed by atoms with Gasteiger partial charge in [-0.2, -0.15) is 0 Å². The molecule has 0 atom stereocenters. The minimum Gasteiger partial charge on any atom is -0.455 e. The van der Waals surface area contributed by atoms with Gasteiger partial charge in [0.15, 0.2) is 17.5 Å². The smallest absolute Gasteiger partial charge is 0.164 e. The number of aromatic nitrogens is 4. The van der Waals surface area contributed by atoms with Crippen molar-refractivity contribution in [2.24, 2.45) is 0 Å². The summed E-state index contributed by atoms with van der Waals surface area (Å²) in [6.45, 7) is 0. The molecule has 5 nitrogen and oxygen atoms in total. The summed E-state index contributed by atoms with van der Waals surface area (Å²) in [5, 5.41) is 2.24. The molecule has 0 N–H and O–H groups in total. The third-order valence-electron chi connectivity index (χ3n) is 10.2. The summed E-state index contributed by atoms with van der Waals surface area (Å²) < 4.78 is 62.0. The zero-order chi connectivity index (χ0) is 42.2. The average molecular weight is 723 g/mol. The molecule has 262 valence electrons. The molecule has 3 aromatic heterocycles. The monoisotopic (exact) mass is 722 g/mol. The van der Waals surface area contributed by atoms with Crippen molar-refractivity contribution in [1.82, 2.24) is 19.5 Å². The van der Waals surface area contributed by atoms with Crippen LogP contribution in [0.4, 0.5) is 0 Å². The largest absolute Gasteiger partial charge is 0.455 e. The van der Waals surface area contributed by atoms with Crippen LogP contribution >= 0.6 is 0 Å². The van der Waals surface area contributed by atoms with Gasteiger partial charge in [-0.3, -0.25) is 0 Å². The molecule has 0 unspecified atom stereocenters. The van der Waals surface area contributed by atoms with Crippen LogP contribution in [0.15, 0.2) is 198 Å². The highest BCUT2D eigenvalue weighted by atomic mass is 16.3. The summed E-state index contributed by atoms with van der Waals surface area (Å²) in [6.07, 6.45) is 0. The number of para-hydroxylation sites is 4. The molecule has 56 heavy (non-hydrogen) atoms. The highest BCUT2D eigenvalue weighted by Crippen LogP contribution is 2.42. The second-order valence-corrected chi connectivity index (χ2v) is 13.5. The second-order valence-electron chi connectivity index (χ2n) is 13.5. The molecule has 0 amide bonds. The summed E-state index contributed by atoms with van der Waals surface area (Å²) in [5.74, 6) is 1.39. The maximum absolute atomic E-state index is 9.44. The maximum atomic E-state index is 9.44. The Balaban J connectivity index is 1.24. The summed E-state index contributed by atoms with van der Waals surface area (Å²) in [6, 6.07) is 49.6. The molecule has 8 aromatic carbocycles. The van der Waals surface area contributed by atoms with Gasteiger partial charge in [0.05, 0.1) is 24.9 Å². The van der Waals surface area contributed by atoms with Crippen molar-refractivity contribution >= 4 is 43.7 Å². The van der Waals surface area contributed by atoms with E-state index in [0.29, 0.717) is 34.3 Å². The van der Waals surface area contributed by atoms with Gasteiger partial charge in [0.2, 0.25) is 0 Å². The van der Waals surface area contributed by atoms with E-state index in [2.05, 4.69) is 34.9 Å². The summed E-state index contributed by atoms with van der Waals surface area (Å²) in [5.41, 5.74) is 7.56. The van der Waals surface area contributed by atoms with Gasteiger partial charge in [-0.25, -0.2) is 15.0 Å². The minimum atomic E-state index is -0.361. The van der Waals surface area contributed by atoms with Gasteiger partial charge in [0, 0.05) is 49.4 Å². The van der Waals surface area contributed by atoms with Crippen LogP contribution in [-0.4, -0.2) is 19.5 Å². The van der Waals surface area contributed by atoms with Crippen LogP contribution in [0.5, 0.6) is 0 Å². The lowest BCUT2D eigenvalue weighted by molar-refractivity contribution is 0.670. The van der Waals surface area contributed by atoms with Crippen LogP contribution in [0, 0.1) is 0 Å². The molecule has 11 rings (SSSR count). The van der Waals surface area contributed by atoms with E-state index in [-0.39, 0.29) is 63.8 Å². The molecule has 5 heteroatoms. The number of nitrogens with zero attached hydrogens (tertiary/aromatic N) is 4. The Kier molecular flexibility index (Phi) is 6.10. The van der Waals surface area contributed by atoms with E-state index in [1.54, 1.807) is 0 Å². The number of furan rings is 1. The van der Waals surface area contributed by atoms with E-state index in [1.807, 2.05) is 121 Å². The lowest BCUT2D eigenvalue weighted by atomic mass is 9.98. The van der Waals surface area contributed by atoms with E-state index >= 15 is 0 Å². The van der Waals surface area contributed by atoms with Crippen molar-refractivity contribution in [3.05, 3.63) is 194 Å². The SMILES string of the molecule is [2H]c1cc([2H])c2oc3c(-c4ccc(-c5nc(-c6ccccc6)nc(-c6ccccc6-c6ccccc6)n5)cc4-n4c5ccccc5c5ccccc54)c([2H])c([2H])c([2H])c3c2c1[2H]. The summed E-state index contributed by atoms with van der Waals surface area (Å²) >= 11 is 0. The highest BCUT2D eigenvalue weighted by molar-refractivity contribution is 6.12. The molecule has 0 saturated heterocycles. The summed E-state index contributed by atoms with van der Waals surface area (Å²) in [4.78, 5) is 15.3. The molecule has 3 heterocycles. The molecule has 0 aliphatic rings. The Morgan fingerprint density at radius 2 is 1.02 bits per heavy atom. The first-order chi connectivity index (χ1) is 30.3. The van der Waals surface area contributed by atoms with Gasteiger partial charge in [-0.1, -0.05) is 170 Å². The molecule has 0 radical (unpaired) electrons. The normalized spacial score (nSPS) is 13.1. The third kappa shape index (κ3) is 5.21. The number of rotatable bonds is 6. The van der Waals surface area contributed by atoms with Gasteiger partial charge in [0.25, 0.3) is 0 Å². The predicted octanol–water partition coefficient (Wildman–Crippen LogP) is 13.2. The molecule has 0 aliphatic carbocycles. The predicted molar refractivity (Wildman–Crippen MR) is 229 cm³/mol. The first-order valence-electron chi connectivity index (χ1n) is 21.3. The average Bonchev–Trinajstić information content (AvgIpc) is 3.88. The van der Waals surface area contributed by atoms with Crippen LogP contribution in [0.2, 0.25) is 0 Å². The number of fused-ring (bicyclic) bond motifs is 6. The molecule has 0 fully saturated rings. The zero-order valence-electron chi connectivity index (χ0n) is 35.7. The fourth-order valence-corrected chi connectivity index (χ4v) is 7.70. The molecular formula is C51H32N4O. The molecular weight excluding hydrogens is 685 g/mol. The van der Waals surface area contributed by atoms with Crippen molar-refractivity contribution < 1.29 is 12.6 Å². The Morgan fingerprint density at radius 1 is 0.411 bits per heavy atom. The quantitative estimate of drug-likeness (QED) is 0.171. The Morgan fingerprint density at radius 3 is 1.77 bits per heavy atom. The van der Waals surface area contributed by atoms with Crippen LogP contribution in [0.3, 0.4) is 0 Å². The molecule has 11 aromatic rings. The van der Waals surface area contributed by atoms with Gasteiger partial charge in [-0.05, 0) is 35.4 Å². The Labute approximate surface area is 331 Å². The second kappa shape index (κ2) is 13.0. The molecule has 0 saturated carbocycles. The van der Waals surface area contributed by atoms with Crippen LogP contribution in [0.25, 0.3) is 106 Å². The van der Waals surface area contributed by atoms with E-state index in [4.69, 9.17) is 26.2 Å². The lowest BCUT2D eigenvalue weighted by Crippen LogP contribution is -2.03. The Hall–Kier alpha value is -7.63. The van der Waals surface area contributed by atoms with Crippen molar-refractivity contribution in [2.75, 3.05) is 0 Å². The number of hydrogen-bond acceptors (Lipinski definition) is 4. The fourth-order valence-electron chi connectivity index (χ4n) is 7.70. The van der Waals surface area contributed by atoms with Gasteiger partial charge >= 0.3 is 0 Å². The van der Waals surface area contributed by atoms with E-state index < -0.39 is 0 Å². The van der Waals surface area contributed by atoms with E-state index in [1.165, 1.54) is 6.07 Å². The van der Waals surface area contributed by atoms with Crippen molar-refractivity contribution in [1.29, 1.82) is 0 Å². The van der Waals surface area contributed by atoms with Gasteiger partial charge in [0.1, 0.15) is 11.2 Å². The van der Waals surface area contributed by atoms with Crippen molar-refractivity contribution in [3.63, 3.8) is 0 Å². The zero-order valence-corrected chi connectivity index (χ0v) is 29.7. The topological polar surface area (TPSA) is 56.7 Å². The number of benzene rings is 8. The molecule has 0 aliphatic heterocycles. The van der Waals surface area contributed by atoms with Crippen LogP contribution < -0.4 is 0 Å². The van der Waals surface area contributed by atoms with E-state index in [9.17, 15) is 1.37 Å². The molecule has 0 spiro atoms. The van der Waals surface area contributed by atoms with Crippen LogP contribution in [0.1, 0.15) is 8.22 Å². The maximum Gasteiger partial charge on any atom is 0.164 e. The number of hydrogen-bond donors (Lipinski definition) is 0. The van der Waals surface area contributed by atoms with Crippen molar-refractivity contribution in [2.45, 2.75) is 0 Å². The lowest BCUT2D eigenvalue weighted by Gasteiger charge is -2.17. The van der Waals surface area contributed by atoms with Gasteiger partial charge < -0.3 is 8.98 Å². The molecule has 0 bridgehead atoms. The van der Waals surface area contributed by atoms with Crippen LogP contribution in [-0.2, 0) is 0 Å². The first kappa shape index (κ1) is 26.2. The minimum absolute atomic E-state index is 0.0257. The van der Waals surface area contributed by atoms with Gasteiger partial charge in [-0.15, -0.1) is 0 Å². The third-order valence-corrected chi connectivity index (χ3v) is 10.2. The standard InChI is InChI=1S/C51H32N4O/c1-3-16-33(17-4-1)36-20-7-8-24-43(36)51-53-49(34-18-5-2-6-19-34)52-50(54-51)35-30-31-39(41-25-15-26-42-40-23-11-14-29-47(40)56-48(41)42)46(32-35)55-44-27-12-9-21-37(44)38-22-10-13-28-45(38)55/h1-32H/i11D,15D,23D,25D,26D,29D. The highest BCUT2D eigenvalue weighted by Gasteiger charge is 2.22. The Bertz CT molecular complexity index is 3550. The fraction of sp³-hybridized carbons (Fsp3) is 0. The van der Waals surface area contributed by atoms with E-state index in [0.717, 1.165) is 44.1 Å². The first-order valence-corrected chi connectivity index (χ1v) is 18.3. The van der Waals surface area contributed by atoms with Crippen molar-refractivity contribution in [3.8, 4) is 62.1 Å².